The first-order chi connectivity index (χ1) is 12.1. The van der Waals surface area contributed by atoms with E-state index in [1.54, 1.807) is 24.3 Å². The number of aromatic nitrogens is 2. The van der Waals surface area contributed by atoms with E-state index in [0.717, 1.165) is 5.56 Å². The first-order valence-electron chi connectivity index (χ1n) is 8.18. The third kappa shape index (κ3) is 2.48. The van der Waals surface area contributed by atoms with Crippen molar-refractivity contribution >= 4 is 22.8 Å². The second kappa shape index (κ2) is 5.77. The molecule has 0 N–H and O–H groups in total. The Morgan fingerprint density at radius 1 is 1.00 bits per heavy atom. The SMILES string of the molecule is CC(C)COC(=O)c1cccc2nc3c(nc12)-c1ccccc1C3=O. The number of hydrogen-bond acceptors (Lipinski definition) is 5. The molecule has 4 rings (SSSR count). The van der Waals surface area contributed by atoms with E-state index in [2.05, 4.69) is 9.97 Å². The van der Waals surface area contributed by atoms with E-state index >= 15 is 0 Å². The van der Waals surface area contributed by atoms with Gasteiger partial charge >= 0.3 is 5.97 Å². The van der Waals surface area contributed by atoms with Crippen molar-refractivity contribution in [2.24, 2.45) is 5.92 Å². The Bertz CT molecular complexity index is 1020. The molecule has 0 atom stereocenters. The van der Waals surface area contributed by atoms with Crippen LogP contribution in [-0.4, -0.2) is 28.3 Å². The number of hydrogen-bond donors (Lipinski definition) is 0. The van der Waals surface area contributed by atoms with Gasteiger partial charge in [-0.15, -0.1) is 0 Å². The number of ether oxygens (including phenoxy) is 1. The van der Waals surface area contributed by atoms with E-state index in [1.807, 2.05) is 32.0 Å². The van der Waals surface area contributed by atoms with Crippen molar-refractivity contribution in [1.29, 1.82) is 0 Å². The summed E-state index contributed by atoms with van der Waals surface area (Å²) in [5.41, 5.74) is 3.54. The molecule has 2 aromatic carbocycles. The first kappa shape index (κ1) is 15.4. The molecule has 0 aliphatic heterocycles. The minimum atomic E-state index is -0.425. The van der Waals surface area contributed by atoms with E-state index in [0.29, 0.717) is 40.2 Å². The number of fused-ring (bicyclic) bond motifs is 4. The summed E-state index contributed by atoms with van der Waals surface area (Å²) in [6.45, 7) is 4.30. The topological polar surface area (TPSA) is 69.2 Å². The van der Waals surface area contributed by atoms with Gasteiger partial charge < -0.3 is 4.74 Å². The van der Waals surface area contributed by atoms with Crippen LogP contribution in [0.5, 0.6) is 0 Å². The molecule has 25 heavy (non-hydrogen) atoms. The number of ketones is 1. The van der Waals surface area contributed by atoms with Crippen LogP contribution in [0.2, 0.25) is 0 Å². The number of rotatable bonds is 3. The van der Waals surface area contributed by atoms with Gasteiger partial charge in [0.05, 0.1) is 17.7 Å². The van der Waals surface area contributed by atoms with Crippen LogP contribution < -0.4 is 0 Å². The highest BCUT2D eigenvalue weighted by atomic mass is 16.5. The van der Waals surface area contributed by atoms with Crippen LogP contribution in [0.4, 0.5) is 0 Å². The van der Waals surface area contributed by atoms with Crippen molar-refractivity contribution < 1.29 is 14.3 Å². The molecular weight excluding hydrogens is 316 g/mol. The Hall–Kier alpha value is -3.08. The van der Waals surface area contributed by atoms with Crippen LogP contribution in [0.1, 0.15) is 40.3 Å². The van der Waals surface area contributed by atoms with E-state index in [9.17, 15) is 9.59 Å². The first-order valence-corrected chi connectivity index (χ1v) is 8.18. The van der Waals surface area contributed by atoms with Crippen molar-refractivity contribution in [2.45, 2.75) is 13.8 Å². The molecule has 0 saturated heterocycles. The summed E-state index contributed by atoms with van der Waals surface area (Å²) in [6, 6.07) is 12.4. The van der Waals surface area contributed by atoms with Gasteiger partial charge in [0, 0.05) is 11.1 Å². The van der Waals surface area contributed by atoms with Crippen molar-refractivity contribution in [2.75, 3.05) is 6.61 Å². The molecule has 0 saturated carbocycles. The zero-order valence-corrected chi connectivity index (χ0v) is 13.9. The highest BCUT2D eigenvalue weighted by Crippen LogP contribution is 2.35. The van der Waals surface area contributed by atoms with Crippen LogP contribution in [0.15, 0.2) is 42.5 Å². The summed E-state index contributed by atoms with van der Waals surface area (Å²) in [4.78, 5) is 34.0. The quantitative estimate of drug-likeness (QED) is 0.536. The molecule has 124 valence electrons. The predicted molar refractivity (Wildman–Crippen MR) is 93.5 cm³/mol. The normalized spacial score (nSPS) is 12.4. The van der Waals surface area contributed by atoms with Gasteiger partial charge in [-0.25, -0.2) is 14.8 Å². The zero-order valence-electron chi connectivity index (χ0n) is 13.9. The molecule has 0 unspecified atom stereocenters. The van der Waals surface area contributed by atoms with E-state index in [4.69, 9.17) is 4.74 Å². The summed E-state index contributed by atoms with van der Waals surface area (Å²) >= 11 is 0. The van der Waals surface area contributed by atoms with Gasteiger partial charge in [0.25, 0.3) is 0 Å². The van der Waals surface area contributed by atoms with Gasteiger partial charge in [-0.3, -0.25) is 4.79 Å². The fourth-order valence-electron chi connectivity index (χ4n) is 2.92. The lowest BCUT2D eigenvalue weighted by Crippen LogP contribution is -2.11. The molecule has 0 bridgehead atoms. The number of carbonyl (C=O) groups is 2. The van der Waals surface area contributed by atoms with Crippen LogP contribution in [0.25, 0.3) is 22.3 Å². The molecule has 5 heteroatoms. The van der Waals surface area contributed by atoms with E-state index in [-0.39, 0.29) is 11.7 Å². The van der Waals surface area contributed by atoms with Gasteiger partial charge in [0.2, 0.25) is 5.78 Å². The van der Waals surface area contributed by atoms with Crippen LogP contribution >= 0.6 is 0 Å². The van der Waals surface area contributed by atoms with Crippen molar-refractivity contribution in [3.8, 4) is 11.3 Å². The number of para-hydroxylation sites is 1. The van der Waals surface area contributed by atoms with E-state index < -0.39 is 5.97 Å². The molecule has 0 amide bonds. The minimum Gasteiger partial charge on any atom is -0.462 e. The van der Waals surface area contributed by atoms with Gasteiger partial charge in [0.1, 0.15) is 16.9 Å². The fourth-order valence-corrected chi connectivity index (χ4v) is 2.92. The summed E-state index contributed by atoms with van der Waals surface area (Å²) < 4.78 is 5.33. The highest BCUT2D eigenvalue weighted by Gasteiger charge is 2.30. The van der Waals surface area contributed by atoms with Gasteiger partial charge in [-0.2, -0.15) is 0 Å². The fraction of sp³-hybridized carbons (Fsp3) is 0.200. The van der Waals surface area contributed by atoms with Gasteiger partial charge in [0.15, 0.2) is 0 Å². The maximum atomic E-state index is 12.5. The molecule has 1 aliphatic rings. The van der Waals surface area contributed by atoms with Crippen molar-refractivity contribution in [3.63, 3.8) is 0 Å². The Kier molecular flexibility index (Phi) is 3.57. The molecule has 5 nitrogen and oxygen atoms in total. The van der Waals surface area contributed by atoms with E-state index in [1.165, 1.54) is 0 Å². The smallest absolute Gasteiger partial charge is 0.340 e. The summed E-state index contributed by atoms with van der Waals surface area (Å²) in [7, 11) is 0. The van der Waals surface area contributed by atoms with Crippen LogP contribution in [0, 0.1) is 5.92 Å². The van der Waals surface area contributed by atoms with Crippen molar-refractivity contribution in [1.82, 2.24) is 9.97 Å². The Balaban J connectivity index is 1.87. The standard InChI is InChI=1S/C20H16N2O3/c1-11(2)10-25-20(24)14-8-5-9-15-16(14)22-17-12-6-3-4-7-13(12)19(23)18(17)21-15/h3-9,11H,10H2,1-2H3. The van der Waals surface area contributed by atoms with Crippen LogP contribution in [0.3, 0.4) is 0 Å². The Labute approximate surface area is 144 Å². The molecule has 0 radical (unpaired) electrons. The highest BCUT2D eigenvalue weighted by molar-refractivity contribution is 6.20. The van der Waals surface area contributed by atoms with Gasteiger partial charge in [-0.05, 0) is 18.1 Å². The molecule has 1 aromatic heterocycles. The average Bonchev–Trinajstić information content (AvgIpc) is 2.90. The number of carbonyl (C=O) groups excluding carboxylic acids is 2. The number of nitrogens with zero attached hydrogens (tertiary/aromatic N) is 2. The predicted octanol–water partition coefficient (Wildman–Crippen LogP) is 3.65. The van der Waals surface area contributed by atoms with Crippen molar-refractivity contribution in [3.05, 3.63) is 59.3 Å². The summed E-state index contributed by atoms with van der Waals surface area (Å²) in [5, 5.41) is 0. The molecule has 1 aliphatic carbocycles. The second-order valence-electron chi connectivity index (χ2n) is 6.46. The third-order valence-electron chi connectivity index (χ3n) is 4.10. The molecular formula is C20H16N2O3. The lowest BCUT2D eigenvalue weighted by atomic mass is 10.1. The van der Waals surface area contributed by atoms with Gasteiger partial charge in [-0.1, -0.05) is 44.2 Å². The average molecular weight is 332 g/mol. The molecule has 1 heterocycles. The zero-order chi connectivity index (χ0) is 17.6. The molecule has 0 fully saturated rings. The Morgan fingerprint density at radius 3 is 2.52 bits per heavy atom. The summed E-state index contributed by atoms with van der Waals surface area (Å²) in [6.07, 6.45) is 0. The second-order valence-corrected chi connectivity index (χ2v) is 6.46. The lowest BCUT2D eigenvalue weighted by Gasteiger charge is -2.09. The maximum absolute atomic E-state index is 12.5. The monoisotopic (exact) mass is 332 g/mol. The molecule has 0 spiro atoms. The Morgan fingerprint density at radius 2 is 1.76 bits per heavy atom. The largest absolute Gasteiger partial charge is 0.462 e. The van der Waals surface area contributed by atoms with Crippen LogP contribution in [-0.2, 0) is 4.74 Å². The number of esters is 1. The third-order valence-corrected chi connectivity index (χ3v) is 4.10. The minimum absolute atomic E-state index is 0.132. The lowest BCUT2D eigenvalue weighted by molar-refractivity contribution is 0.0461. The number of benzene rings is 2. The summed E-state index contributed by atoms with van der Waals surface area (Å²) in [5.74, 6) is -0.308. The maximum Gasteiger partial charge on any atom is 0.340 e. The molecule has 3 aromatic rings.